The maximum Gasteiger partial charge on any atom is 0.278 e. The van der Waals surface area contributed by atoms with Crippen molar-refractivity contribution in [1.29, 1.82) is 0 Å². The fraction of sp³-hybridized carbons (Fsp3) is 0.200. The molecule has 0 aliphatic carbocycles. The quantitative estimate of drug-likeness (QED) is 0.739. The third kappa shape index (κ3) is 2.66. The van der Waals surface area contributed by atoms with Gasteiger partial charge < -0.3 is 14.6 Å². The fourth-order valence-corrected chi connectivity index (χ4v) is 2.13. The number of nitrogens with one attached hydrogen (secondary N) is 2. The van der Waals surface area contributed by atoms with Crippen molar-refractivity contribution in [3.63, 3.8) is 0 Å². The average Bonchev–Trinajstić information content (AvgIpc) is 2.55. The predicted molar refractivity (Wildman–Crippen MR) is 87.1 cm³/mol. The smallest absolute Gasteiger partial charge is 0.278 e. The van der Waals surface area contributed by atoms with Gasteiger partial charge in [-0.05, 0) is 24.3 Å². The number of ether oxygens (including phenoxy) is 1. The second-order valence-electron chi connectivity index (χ2n) is 5.13. The summed E-state index contributed by atoms with van der Waals surface area (Å²) in [5.74, 6) is 1.04. The molecule has 8 heteroatoms. The zero-order chi connectivity index (χ0) is 16.6. The summed E-state index contributed by atoms with van der Waals surface area (Å²) in [4.78, 5) is 39.6. The number of anilines is 1. The number of hydrogen-bond donors (Lipinski definition) is 2. The first-order valence-electron chi connectivity index (χ1n) is 6.85. The van der Waals surface area contributed by atoms with Gasteiger partial charge in [-0.1, -0.05) is 0 Å². The lowest BCUT2D eigenvalue weighted by Crippen LogP contribution is -2.23. The minimum Gasteiger partial charge on any atom is -0.497 e. The van der Waals surface area contributed by atoms with E-state index in [2.05, 4.69) is 19.9 Å². The zero-order valence-electron chi connectivity index (χ0n) is 12.9. The van der Waals surface area contributed by atoms with Crippen molar-refractivity contribution in [3.05, 3.63) is 45.0 Å². The predicted octanol–water partition coefficient (Wildman–Crippen LogP) is 0.748. The topological polar surface area (TPSA) is 104 Å². The molecule has 2 aromatic heterocycles. The number of fused-ring (bicyclic) bond motifs is 1. The van der Waals surface area contributed by atoms with Gasteiger partial charge in [-0.3, -0.25) is 14.6 Å². The number of aromatic nitrogens is 4. The Morgan fingerprint density at radius 1 is 1.00 bits per heavy atom. The number of methoxy groups -OCH3 is 1. The van der Waals surface area contributed by atoms with Crippen LogP contribution in [0.25, 0.3) is 22.4 Å². The normalized spacial score (nSPS) is 10.7. The van der Waals surface area contributed by atoms with Crippen LogP contribution in [0.4, 0.5) is 5.95 Å². The van der Waals surface area contributed by atoms with E-state index in [0.29, 0.717) is 17.3 Å². The molecule has 0 unspecified atom stereocenters. The largest absolute Gasteiger partial charge is 0.497 e. The SMILES string of the molecule is COc1ccc(-c2nc3nc(N(C)C)[nH]c(=O)c3[nH]c2=O)cc1. The van der Waals surface area contributed by atoms with E-state index in [-0.39, 0.29) is 16.9 Å². The molecule has 0 atom stereocenters. The van der Waals surface area contributed by atoms with Crippen molar-refractivity contribution < 1.29 is 4.74 Å². The third-order valence-electron chi connectivity index (χ3n) is 3.35. The summed E-state index contributed by atoms with van der Waals surface area (Å²) in [6.45, 7) is 0. The van der Waals surface area contributed by atoms with E-state index in [0.717, 1.165) is 0 Å². The molecule has 0 spiro atoms. The highest BCUT2D eigenvalue weighted by atomic mass is 16.5. The van der Waals surface area contributed by atoms with Gasteiger partial charge in [-0.15, -0.1) is 0 Å². The van der Waals surface area contributed by atoms with E-state index in [1.165, 1.54) is 0 Å². The van der Waals surface area contributed by atoms with Crippen molar-refractivity contribution in [2.75, 3.05) is 26.1 Å². The molecule has 1 aromatic carbocycles. The van der Waals surface area contributed by atoms with Crippen LogP contribution in [0.1, 0.15) is 0 Å². The Balaban J connectivity index is 2.23. The third-order valence-corrected chi connectivity index (χ3v) is 3.35. The molecule has 0 bridgehead atoms. The molecule has 23 heavy (non-hydrogen) atoms. The Labute approximate surface area is 130 Å². The fourth-order valence-electron chi connectivity index (χ4n) is 2.13. The summed E-state index contributed by atoms with van der Waals surface area (Å²) in [5, 5.41) is 0. The number of benzene rings is 1. The summed E-state index contributed by atoms with van der Waals surface area (Å²) in [5.41, 5.74) is 0.156. The Hall–Kier alpha value is -3.16. The van der Waals surface area contributed by atoms with Crippen LogP contribution in [0.5, 0.6) is 5.75 Å². The minimum atomic E-state index is -0.451. The van der Waals surface area contributed by atoms with E-state index >= 15 is 0 Å². The standard InChI is InChI=1S/C15H15N5O3/c1-20(2)15-18-12-11(14(22)19-15)17-13(21)10(16-12)8-4-6-9(23-3)7-5-8/h4-7H,1-3H3,(H,17,21)(H,16,18,19,22). The van der Waals surface area contributed by atoms with Crippen molar-refractivity contribution in [2.24, 2.45) is 0 Å². The van der Waals surface area contributed by atoms with Crippen LogP contribution in [0.15, 0.2) is 33.9 Å². The Morgan fingerprint density at radius 3 is 2.30 bits per heavy atom. The lowest BCUT2D eigenvalue weighted by atomic mass is 10.1. The van der Waals surface area contributed by atoms with Crippen molar-refractivity contribution in [2.45, 2.75) is 0 Å². The summed E-state index contributed by atoms with van der Waals surface area (Å²) >= 11 is 0. The molecular weight excluding hydrogens is 298 g/mol. The number of rotatable bonds is 3. The first-order chi connectivity index (χ1) is 11.0. The average molecular weight is 313 g/mol. The summed E-state index contributed by atoms with van der Waals surface area (Å²) in [6, 6.07) is 6.92. The molecule has 118 valence electrons. The van der Waals surface area contributed by atoms with Crippen LogP contribution < -0.4 is 20.8 Å². The maximum atomic E-state index is 12.2. The summed E-state index contributed by atoms with van der Waals surface area (Å²) in [6.07, 6.45) is 0. The molecular formula is C15H15N5O3. The van der Waals surface area contributed by atoms with E-state index < -0.39 is 11.1 Å². The summed E-state index contributed by atoms with van der Waals surface area (Å²) in [7, 11) is 5.06. The first-order valence-corrected chi connectivity index (χ1v) is 6.85. The van der Waals surface area contributed by atoms with Gasteiger partial charge in [0.15, 0.2) is 11.2 Å². The lowest BCUT2D eigenvalue weighted by molar-refractivity contribution is 0.415. The van der Waals surface area contributed by atoms with E-state index in [4.69, 9.17) is 4.74 Å². The van der Waals surface area contributed by atoms with Gasteiger partial charge in [-0.2, -0.15) is 4.98 Å². The van der Waals surface area contributed by atoms with Gasteiger partial charge in [0.25, 0.3) is 11.1 Å². The van der Waals surface area contributed by atoms with Gasteiger partial charge in [0, 0.05) is 19.7 Å². The molecule has 0 saturated heterocycles. The van der Waals surface area contributed by atoms with Gasteiger partial charge in [0.2, 0.25) is 5.95 Å². The van der Waals surface area contributed by atoms with Crippen LogP contribution in [-0.2, 0) is 0 Å². The van der Waals surface area contributed by atoms with Crippen molar-refractivity contribution in [3.8, 4) is 17.0 Å². The van der Waals surface area contributed by atoms with Crippen molar-refractivity contribution in [1.82, 2.24) is 19.9 Å². The Bertz CT molecular complexity index is 973. The molecule has 0 aliphatic rings. The highest BCUT2D eigenvalue weighted by Gasteiger charge is 2.12. The van der Waals surface area contributed by atoms with Gasteiger partial charge in [0.05, 0.1) is 7.11 Å². The number of aromatic amines is 2. The molecule has 8 nitrogen and oxygen atoms in total. The van der Waals surface area contributed by atoms with E-state index in [1.54, 1.807) is 50.4 Å². The van der Waals surface area contributed by atoms with Gasteiger partial charge in [-0.25, -0.2) is 4.98 Å². The lowest BCUT2D eigenvalue weighted by Gasteiger charge is -2.10. The van der Waals surface area contributed by atoms with Gasteiger partial charge in [0.1, 0.15) is 11.4 Å². The second kappa shape index (κ2) is 5.56. The molecule has 2 N–H and O–H groups in total. The van der Waals surface area contributed by atoms with Crippen LogP contribution in [0.3, 0.4) is 0 Å². The zero-order valence-corrected chi connectivity index (χ0v) is 12.9. The highest BCUT2D eigenvalue weighted by molar-refractivity contribution is 5.73. The molecule has 3 aromatic rings. The molecule has 0 aliphatic heterocycles. The number of hydrogen-bond acceptors (Lipinski definition) is 6. The summed E-state index contributed by atoms with van der Waals surface area (Å²) < 4.78 is 5.09. The van der Waals surface area contributed by atoms with Crippen LogP contribution in [0.2, 0.25) is 0 Å². The maximum absolute atomic E-state index is 12.2. The van der Waals surface area contributed by atoms with Crippen LogP contribution >= 0.6 is 0 Å². The molecule has 0 saturated carbocycles. The number of nitrogens with zero attached hydrogens (tertiary/aromatic N) is 3. The Kier molecular flexibility index (Phi) is 3.57. The monoisotopic (exact) mass is 313 g/mol. The van der Waals surface area contributed by atoms with E-state index in [1.807, 2.05) is 0 Å². The first kappa shape index (κ1) is 14.8. The van der Waals surface area contributed by atoms with Crippen LogP contribution in [-0.4, -0.2) is 41.1 Å². The highest BCUT2D eigenvalue weighted by Crippen LogP contribution is 2.18. The van der Waals surface area contributed by atoms with Gasteiger partial charge >= 0.3 is 0 Å². The Morgan fingerprint density at radius 2 is 1.70 bits per heavy atom. The molecule has 0 radical (unpaired) electrons. The van der Waals surface area contributed by atoms with Crippen molar-refractivity contribution >= 4 is 17.1 Å². The molecule has 0 fully saturated rings. The molecule has 3 rings (SSSR count). The molecule has 2 heterocycles. The minimum absolute atomic E-state index is 0.0536. The van der Waals surface area contributed by atoms with Crippen LogP contribution in [0, 0.1) is 0 Å². The number of H-pyrrole nitrogens is 2. The van der Waals surface area contributed by atoms with E-state index in [9.17, 15) is 9.59 Å². The molecule has 0 amide bonds. The second-order valence-corrected chi connectivity index (χ2v) is 5.13.